The molecule has 1 atom stereocenters. The summed E-state index contributed by atoms with van der Waals surface area (Å²) in [5.74, 6) is 1.49. The smallest absolute Gasteiger partial charge is 0.225 e. The van der Waals surface area contributed by atoms with Crippen molar-refractivity contribution in [3.8, 4) is 0 Å². The van der Waals surface area contributed by atoms with Crippen molar-refractivity contribution in [3.63, 3.8) is 0 Å². The van der Waals surface area contributed by atoms with Crippen LogP contribution < -0.4 is 0 Å². The molecule has 1 aromatic rings. The predicted octanol–water partition coefficient (Wildman–Crippen LogP) is 5.00. The highest BCUT2D eigenvalue weighted by molar-refractivity contribution is 7.83. The van der Waals surface area contributed by atoms with Crippen molar-refractivity contribution in [1.29, 1.82) is 0 Å². The van der Waals surface area contributed by atoms with E-state index in [2.05, 4.69) is 6.58 Å². The molecule has 0 N–H and O–H groups in total. The molecule has 0 saturated carbocycles. The van der Waals surface area contributed by atoms with E-state index in [1.165, 1.54) is 12.5 Å². The van der Waals surface area contributed by atoms with Crippen LogP contribution in [0.25, 0.3) is 0 Å². The minimum atomic E-state index is -3.02. The first kappa shape index (κ1) is 16.4. The number of rotatable bonds is 5. The fourth-order valence-electron chi connectivity index (χ4n) is 2.16. The van der Waals surface area contributed by atoms with Crippen LogP contribution in [0.15, 0.2) is 48.8 Å². The van der Waals surface area contributed by atoms with Crippen LogP contribution in [0, 0.1) is 20.8 Å². The average molecular weight is 288 g/mol. The fraction of sp³-hybridized carbons (Fsp3) is 0.235. The Morgan fingerprint density at radius 1 is 1.10 bits per heavy atom. The predicted molar refractivity (Wildman–Crippen MR) is 87.0 cm³/mol. The van der Waals surface area contributed by atoms with Gasteiger partial charge < -0.3 is 4.57 Å². The number of hydrogen-bond acceptors (Lipinski definition) is 2. The van der Waals surface area contributed by atoms with E-state index in [0.717, 1.165) is 16.7 Å². The lowest BCUT2D eigenvalue weighted by Crippen LogP contribution is -2.04. The molecular formula is C17H21O2P. The normalized spacial score (nSPS) is 14.6. The fourth-order valence-corrected chi connectivity index (χ4v) is 3.52. The SMILES string of the molecule is C=C/C=C\C=C\P(C)(=O)C(=O)c1c(C)cc(C)cc1C. The second-order valence-electron chi connectivity index (χ2n) is 5.03. The summed E-state index contributed by atoms with van der Waals surface area (Å²) in [6, 6.07) is 3.89. The zero-order valence-electron chi connectivity index (χ0n) is 12.5. The second kappa shape index (κ2) is 6.67. The lowest BCUT2D eigenvalue weighted by Gasteiger charge is -2.13. The Morgan fingerprint density at radius 2 is 1.65 bits per heavy atom. The molecule has 20 heavy (non-hydrogen) atoms. The van der Waals surface area contributed by atoms with Gasteiger partial charge in [0.25, 0.3) is 0 Å². The van der Waals surface area contributed by atoms with E-state index in [9.17, 15) is 9.36 Å². The zero-order valence-corrected chi connectivity index (χ0v) is 13.4. The van der Waals surface area contributed by atoms with Crippen LogP contribution in [-0.2, 0) is 4.57 Å². The van der Waals surface area contributed by atoms with E-state index >= 15 is 0 Å². The summed E-state index contributed by atoms with van der Waals surface area (Å²) in [6.07, 6.45) is 6.70. The topological polar surface area (TPSA) is 34.1 Å². The maximum atomic E-state index is 12.6. The van der Waals surface area contributed by atoms with Crippen molar-refractivity contribution in [3.05, 3.63) is 71.1 Å². The van der Waals surface area contributed by atoms with Crippen LogP contribution in [0.4, 0.5) is 0 Å². The minimum Gasteiger partial charge on any atom is -0.311 e. The third-order valence-electron chi connectivity index (χ3n) is 3.02. The van der Waals surface area contributed by atoms with Gasteiger partial charge in [0.05, 0.1) is 0 Å². The Labute approximate surface area is 121 Å². The van der Waals surface area contributed by atoms with Crippen molar-refractivity contribution in [2.75, 3.05) is 6.66 Å². The zero-order chi connectivity index (χ0) is 15.3. The van der Waals surface area contributed by atoms with E-state index in [-0.39, 0.29) is 5.52 Å². The molecule has 1 unspecified atom stereocenters. The van der Waals surface area contributed by atoms with Gasteiger partial charge in [0.15, 0.2) is 7.14 Å². The summed E-state index contributed by atoms with van der Waals surface area (Å²) >= 11 is 0. The highest BCUT2D eigenvalue weighted by Crippen LogP contribution is 2.47. The highest BCUT2D eigenvalue weighted by Gasteiger charge is 2.26. The Hall–Kier alpha value is -1.66. The molecule has 0 aliphatic rings. The molecule has 0 heterocycles. The molecule has 0 aliphatic carbocycles. The number of aryl methyl sites for hydroxylation is 3. The molecule has 0 radical (unpaired) electrons. The Bertz CT molecular complexity index is 613. The van der Waals surface area contributed by atoms with E-state index < -0.39 is 7.14 Å². The number of hydrogen-bond donors (Lipinski definition) is 0. The van der Waals surface area contributed by atoms with Gasteiger partial charge in [-0.2, -0.15) is 0 Å². The van der Waals surface area contributed by atoms with E-state index in [0.29, 0.717) is 5.56 Å². The average Bonchev–Trinajstić information content (AvgIpc) is 2.33. The van der Waals surface area contributed by atoms with Crippen LogP contribution >= 0.6 is 7.14 Å². The van der Waals surface area contributed by atoms with Gasteiger partial charge in [-0.3, -0.25) is 4.79 Å². The molecule has 0 saturated heterocycles. The molecule has 3 heteroatoms. The van der Waals surface area contributed by atoms with E-state index in [1.54, 1.807) is 24.3 Å². The number of allylic oxidation sites excluding steroid dienone is 4. The van der Waals surface area contributed by atoms with Gasteiger partial charge >= 0.3 is 0 Å². The third-order valence-corrected chi connectivity index (χ3v) is 4.79. The van der Waals surface area contributed by atoms with Crippen LogP contribution in [0.3, 0.4) is 0 Å². The van der Waals surface area contributed by atoms with Crippen LogP contribution in [0.1, 0.15) is 27.0 Å². The monoisotopic (exact) mass is 288 g/mol. The van der Waals surface area contributed by atoms with Gasteiger partial charge in [0, 0.05) is 5.56 Å². The Balaban J connectivity index is 3.18. The first-order valence-corrected chi connectivity index (χ1v) is 8.69. The van der Waals surface area contributed by atoms with Crippen LogP contribution in [0.2, 0.25) is 0 Å². The summed E-state index contributed by atoms with van der Waals surface area (Å²) in [6.45, 7) is 10.8. The summed E-state index contributed by atoms with van der Waals surface area (Å²) < 4.78 is 12.6. The van der Waals surface area contributed by atoms with E-state index in [1.807, 2.05) is 32.9 Å². The molecule has 0 spiro atoms. The number of carbonyl (C=O) groups is 1. The third kappa shape index (κ3) is 3.91. The largest absolute Gasteiger partial charge is 0.311 e. The van der Waals surface area contributed by atoms with Gasteiger partial charge in [-0.15, -0.1) is 0 Å². The lowest BCUT2D eigenvalue weighted by molar-refractivity contribution is 0.107. The molecule has 106 valence electrons. The number of benzene rings is 1. The molecule has 0 fully saturated rings. The molecule has 0 aliphatic heterocycles. The van der Waals surface area contributed by atoms with Gasteiger partial charge in [-0.1, -0.05) is 48.6 Å². The van der Waals surface area contributed by atoms with Crippen molar-refractivity contribution in [2.45, 2.75) is 20.8 Å². The second-order valence-corrected chi connectivity index (χ2v) is 7.72. The van der Waals surface area contributed by atoms with Crippen molar-refractivity contribution < 1.29 is 9.36 Å². The first-order chi connectivity index (χ1) is 9.29. The van der Waals surface area contributed by atoms with Gasteiger partial charge in [0.1, 0.15) is 0 Å². The number of carbonyl (C=O) groups excluding carboxylic acids is 1. The molecule has 0 aromatic heterocycles. The van der Waals surface area contributed by atoms with Gasteiger partial charge in [-0.05, 0) is 44.4 Å². The van der Waals surface area contributed by atoms with Crippen molar-refractivity contribution >= 4 is 12.7 Å². The maximum Gasteiger partial charge on any atom is 0.225 e. The summed E-state index contributed by atoms with van der Waals surface area (Å²) in [7, 11) is -3.02. The Morgan fingerprint density at radius 3 is 2.15 bits per heavy atom. The van der Waals surface area contributed by atoms with Crippen LogP contribution in [-0.4, -0.2) is 12.2 Å². The van der Waals surface area contributed by atoms with Gasteiger partial charge in [0.2, 0.25) is 5.52 Å². The quantitative estimate of drug-likeness (QED) is 0.564. The van der Waals surface area contributed by atoms with E-state index in [4.69, 9.17) is 0 Å². The van der Waals surface area contributed by atoms with Crippen LogP contribution in [0.5, 0.6) is 0 Å². The minimum absolute atomic E-state index is 0.282. The standard InChI is InChI=1S/C17H21O2P/c1-6-7-8-9-10-20(5,19)17(18)16-14(3)11-13(2)12-15(16)4/h6-12H,1H2,2-5H3/b8-7-,10-9+. The molecule has 1 aromatic carbocycles. The first-order valence-electron chi connectivity index (χ1n) is 6.46. The summed E-state index contributed by atoms with van der Waals surface area (Å²) in [5, 5.41) is 0. The summed E-state index contributed by atoms with van der Waals surface area (Å²) in [5.41, 5.74) is 3.16. The molecular weight excluding hydrogens is 267 g/mol. The lowest BCUT2D eigenvalue weighted by atomic mass is 10.0. The molecule has 0 amide bonds. The Kier molecular flexibility index (Phi) is 5.47. The molecule has 2 nitrogen and oxygen atoms in total. The maximum absolute atomic E-state index is 12.6. The highest BCUT2D eigenvalue weighted by atomic mass is 31.2. The summed E-state index contributed by atoms with van der Waals surface area (Å²) in [4.78, 5) is 12.5. The van der Waals surface area contributed by atoms with Crippen molar-refractivity contribution in [2.24, 2.45) is 0 Å². The van der Waals surface area contributed by atoms with Gasteiger partial charge in [-0.25, -0.2) is 0 Å². The molecule has 1 rings (SSSR count). The van der Waals surface area contributed by atoms with Crippen molar-refractivity contribution in [1.82, 2.24) is 0 Å². The molecule has 0 bridgehead atoms.